The van der Waals surface area contributed by atoms with Crippen LogP contribution < -0.4 is 0 Å². The highest BCUT2D eigenvalue weighted by Gasteiger charge is 2.28. The van der Waals surface area contributed by atoms with E-state index in [0.29, 0.717) is 32.5 Å². The van der Waals surface area contributed by atoms with Gasteiger partial charge in [-0.05, 0) is 26.2 Å². The number of carboxylic acids is 1. The van der Waals surface area contributed by atoms with Crippen molar-refractivity contribution in [2.45, 2.75) is 33.1 Å². The van der Waals surface area contributed by atoms with Gasteiger partial charge < -0.3 is 14.9 Å². The molecule has 2 amide bonds. The number of rotatable bonds is 4. The van der Waals surface area contributed by atoms with Gasteiger partial charge in [-0.1, -0.05) is 6.92 Å². The Balaban J connectivity index is 2.47. The maximum Gasteiger partial charge on any atom is 0.319 e. The highest BCUT2D eigenvalue weighted by Crippen LogP contribution is 2.18. The third-order valence-corrected chi connectivity index (χ3v) is 3.26. The maximum atomic E-state index is 12.1. The second kappa shape index (κ2) is 6.47. The molecule has 1 fully saturated rings. The molecule has 0 saturated carbocycles. The van der Waals surface area contributed by atoms with Crippen molar-refractivity contribution in [2.75, 3.05) is 26.2 Å². The number of likely N-dealkylation sites (tertiary alicyclic amines) is 1. The van der Waals surface area contributed by atoms with Crippen molar-refractivity contribution >= 4 is 12.0 Å². The van der Waals surface area contributed by atoms with Crippen molar-refractivity contribution in [3.63, 3.8) is 0 Å². The molecule has 5 heteroatoms. The van der Waals surface area contributed by atoms with Crippen molar-refractivity contribution in [3.05, 3.63) is 0 Å². The van der Waals surface area contributed by atoms with Gasteiger partial charge in [0.15, 0.2) is 0 Å². The van der Waals surface area contributed by atoms with E-state index < -0.39 is 5.97 Å². The molecule has 5 nitrogen and oxygen atoms in total. The van der Waals surface area contributed by atoms with Crippen LogP contribution >= 0.6 is 0 Å². The van der Waals surface area contributed by atoms with Crippen molar-refractivity contribution in [1.82, 2.24) is 9.80 Å². The van der Waals surface area contributed by atoms with Crippen LogP contribution in [-0.4, -0.2) is 53.1 Å². The number of aliphatic carboxylic acids is 1. The lowest BCUT2D eigenvalue weighted by atomic mass is 9.97. The van der Waals surface area contributed by atoms with E-state index in [1.54, 1.807) is 4.90 Å². The molecule has 1 aliphatic rings. The van der Waals surface area contributed by atoms with Crippen LogP contribution in [0.25, 0.3) is 0 Å². The van der Waals surface area contributed by atoms with E-state index in [-0.39, 0.29) is 11.9 Å². The zero-order valence-electron chi connectivity index (χ0n) is 10.7. The Morgan fingerprint density at radius 1 is 1.29 bits per heavy atom. The van der Waals surface area contributed by atoms with Gasteiger partial charge in [-0.3, -0.25) is 4.79 Å². The number of carbonyl (C=O) groups is 2. The van der Waals surface area contributed by atoms with Crippen LogP contribution in [0.2, 0.25) is 0 Å². The quantitative estimate of drug-likeness (QED) is 0.815. The lowest BCUT2D eigenvalue weighted by molar-refractivity contribution is -0.143. The summed E-state index contributed by atoms with van der Waals surface area (Å²) in [5.74, 6) is -1.02. The van der Waals surface area contributed by atoms with Crippen LogP contribution in [0, 0.1) is 5.92 Å². The van der Waals surface area contributed by atoms with Crippen LogP contribution in [0.1, 0.15) is 33.1 Å². The topological polar surface area (TPSA) is 60.9 Å². The number of nitrogens with zero attached hydrogens (tertiary/aromatic N) is 2. The van der Waals surface area contributed by atoms with Crippen LogP contribution in [-0.2, 0) is 4.79 Å². The van der Waals surface area contributed by atoms with Gasteiger partial charge in [0.05, 0.1) is 5.92 Å². The average Bonchev–Trinajstić information content (AvgIpc) is 2.35. The van der Waals surface area contributed by atoms with Crippen molar-refractivity contribution in [3.8, 4) is 0 Å². The SMILES string of the molecule is CCCN(CC)C(=O)N1CCC(C(=O)O)CC1. The van der Waals surface area contributed by atoms with E-state index in [0.717, 1.165) is 13.0 Å². The van der Waals surface area contributed by atoms with E-state index in [4.69, 9.17) is 5.11 Å². The van der Waals surface area contributed by atoms with Crippen molar-refractivity contribution in [2.24, 2.45) is 5.92 Å². The van der Waals surface area contributed by atoms with E-state index in [1.807, 2.05) is 18.7 Å². The fourth-order valence-electron chi connectivity index (χ4n) is 2.18. The van der Waals surface area contributed by atoms with Crippen LogP contribution in [0.3, 0.4) is 0 Å². The standard InChI is InChI=1S/C12H22N2O3/c1-3-7-13(4-2)12(17)14-8-5-10(6-9-14)11(15)16/h10H,3-9H2,1-2H3,(H,15,16). The normalized spacial score (nSPS) is 16.9. The minimum atomic E-state index is -0.738. The molecule has 1 saturated heterocycles. The summed E-state index contributed by atoms with van der Waals surface area (Å²) < 4.78 is 0. The van der Waals surface area contributed by atoms with Gasteiger partial charge in [0.1, 0.15) is 0 Å². The first-order chi connectivity index (χ1) is 8.10. The largest absolute Gasteiger partial charge is 0.481 e. The minimum absolute atomic E-state index is 0.0539. The lowest BCUT2D eigenvalue weighted by Gasteiger charge is -2.34. The molecule has 0 aliphatic carbocycles. The highest BCUT2D eigenvalue weighted by atomic mass is 16.4. The first-order valence-corrected chi connectivity index (χ1v) is 6.36. The summed E-state index contributed by atoms with van der Waals surface area (Å²) in [6, 6.07) is 0.0539. The van der Waals surface area contributed by atoms with Crippen molar-refractivity contribution < 1.29 is 14.7 Å². The summed E-state index contributed by atoms with van der Waals surface area (Å²) in [7, 11) is 0. The number of amides is 2. The molecular formula is C12H22N2O3. The predicted molar refractivity (Wildman–Crippen MR) is 64.9 cm³/mol. The smallest absolute Gasteiger partial charge is 0.319 e. The van der Waals surface area contributed by atoms with Crippen LogP contribution in [0.15, 0.2) is 0 Å². The highest BCUT2D eigenvalue weighted by molar-refractivity contribution is 5.75. The van der Waals surface area contributed by atoms with Crippen molar-refractivity contribution in [1.29, 1.82) is 0 Å². The molecule has 98 valence electrons. The molecule has 1 N–H and O–H groups in total. The summed E-state index contributed by atoms with van der Waals surface area (Å²) in [5.41, 5.74) is 0. The zero-order valence-corrected chi connectivity index (χ0v) is 10.7. The van der Waals surface area contributed by atoms with Gasteiger partial charge in [-0.25, -0.2) is 4.79 Å². The van der Waals surface area contributed by atoms with E-state index >= 15 is 0 Å². The fourth-order valence-corrected chi connectivity index (χ4v) is 2.18. The molecule has 17 heavy (non-hydrogen) atoms. The molecule has 1 heterocycles. The number of urea groups is 1. The Morgan fingerprint density at radius 3 is 2.29 bits per heavy atom. The first kappa shape index (κ1) is 13.8. The summed E-state index contributed by atoms with van der Waals surface area (Å²) in [6.45, 7) is 6.63. The summed E-state index contributed by atoms with van der Waals surface area (Å²) >= 11 is 0. The van der Waals surface area contributed by atoms with Gasteiger partial charge in [0.2, 0.25) is 0 Å². The van der Waals surface area contributed by atoms with E-state index in [9.17, 15) is 9.59 Å². The Kier molecular flexibility index (Phi) is 5.25. The summed E-state index contributed by atoms with van der Waals surface area (Å²) in [4.78, 5) is 26.5. The molecule has 0 aromatic carbocycles. The fraction of sp³-hybridized carbons (Fsp3) is 0.833. The van der Waals surface area contributed by atoms with Gasteiger partial charge in [0, 0.05) is 26.2 Å². The second-order valence-electron chi connectivity index (χ2n) is 4.46. The third-order valence-electron chi connectivity index (χ3n) is 3.26. The molecule has 0 radical (unpaired) electrons. The second-order valence-corrected chi connectivity index (χ2v) is 4.46. The number of piperidine rings is 1. The summed E-state index contributed by atoms with van der Waals surface area (Å²) in [5, 5.41) is 8.89. The number of hydrogen-bond acceptors (Lipinski definition) is 2. The zero-order chi connectivity index (χ0) is 12.8. The Labute approximate surface area is 102 Å². The molecule has 1 rings (SSSR count). The summed E-state index contributed by atoms with van der Waals surface area (Å²) in [6.07, 6.45) is 2.10. The molecule has 1 aliphatic heterocycles. The monoisotopic (exact) mass is 242 g/mol. The number of carboxylic acid groups (broad SMARTS) is 1. The average molecular weight is 242 g/mol. The maximum absolute atomic E-state index is 12.1. The van der Waals surface area contributed by atoms with Gasteiger partial charge in [-0.15, -0.1) is 0 Å². The van der Waals surface area contributed by atoms with E-state index in [1.165, 1.54) is 0 Å². The molecule has 0 aromatic rings. The third kappa shape index (κ3) is 3.61. The molecule has 0 spiro atoms. The molecule has 0 unspecified atom stereocenters. The molecule has 0 aromatic heterocycles. The Morgan fingerprint density at radius 2 is 1.88 bits per heavy atom. The van der Waals surface area contributed by atoms with Gasteiger partial charge in [0.25, 0.3) is 0 Å². The number of hydrogen-bond donors (Lipinski definition) is 1. The van der Waals surface area contributed by atoms with Crippen LogP contribution in [0.4, 0.5) is 4.79 Å². The predicted octanol–water partition coefficient (Wildman–Crippen LogP) is 1.63. The Hall–Kier alpha value is -1.26. The van der Waals surface area contributed by atoms with Gasteiger partial charge >= 0.3 is 12.0 Å². The molecular weight excluding hydrogens is 220 g/mol. The van der Waals surface area contributed by atoms with Gasteiger partial charge in [-0.2, -0.15) is 0 Å². The number of carbonyl (C=O) groups excluding carboxylic acids is 1. The first-order valence-electron chi connectivity index (χ1n) is 6.36. The Bertz CT molecular complexity index is 273. The molecule has 0 bridgehead atoms. The molecule has 0 atom stereocenters. The van der Waals surface area contributed by atoms with Crippen LogP contribution in [0.5, 0.6) is 0 Å². The minimum Gasteiger partial charge on any atom is -0.481 e. The lowest BCUT2D eigenvalue weighted by Crippen LogP contribution is -2.47. The van der Waals surface area contributed by atoms with E-state index in [2.05, 4.69) is 0 Å².